The standard InChI is InChI=1S/C34H30N2O3S3/c1-3-24(20-33-35(2)29-22-27(14-16-31(29)40-33)25-10-6-4-7-11-25)21-34-36(18-19-42(37,38)39)30-23-28(15-17-32(30)41-34)26-12-8-5-9-13-26/h4-17,20-23H,3,18-19H2,1-2H3/p+1. The van der Waals surface area contributed by atoms with Gasteiger partial charge in [-0.15, -0.1) is 0 Å². The molecule has 0 spiro atoms. The molecule has 2 heterocycles. The van der Waals surface area contributed by atoms with Crippen LogP contribution in [0.4, 0.5) is 5.69 Å². The lowest BCUT2D eigenvalue weighted by molar-refractivity contribution is -0.642. The number of nitrogens with zero attached hydrogens (tertiary/aromatic N) is 2. The first-order valence-corrected chi connectivity index (χ1v) is 17.0. The Morgan fingerprint density at radius 3 is 2.17 bits per heavy atom. The average molecular weight is 612 g/mol. The van der Waals surface area contributed by atoms with Gasteiger partial charge in [-0.1, -0.05) is 103 Å². The van der Waals surface area contributed by atoms with Gasteiger partial charge in [0.2, 0.25) is 5.52 Å². The maximum atomic E-state index is 11.7. The summed E-state index contributed by atoms with van der Waals surface area (Å²) in [4.78, 5) is 3.08. The Bertz CT molecular complexity index is 1930. The van der Waals surface area contributed by atoms with Gasteiger partial charge in [0.05, 0.1) is 16.5 Å². The Hall–Kier alpha value is -3.69. The first kappa shape index (κ1) is 28.4. The highest BCUT2D eigenvalue weighted by Crippen LogP contribution is 2.48. The molecule has 42 heavy (non-hydrogen) atoms. The number of thiazole rings is 1. The van der Waals surface area contributed by atoms with Gasteiger partial charge in [-0.25, -0.2) is 0 Å². The summed E-state index contributed by atoms with van der Waals surface area (Å²) >= 11 is 3.38. The number of rotatable bonds is 8. The van der Waals surface area contributed by atoms with Crippen molar-refractivity contribution in [2.45, 2.75) is 18.2 Å². The van der Waals surface area contributed by atoms with E-state index in [1.54, 1.807) is 23.1 Å². The van der Waals surface area contributed by atoms with Crippen molar-refractivity contribution in [3.05, 3.63) is 119 Å². The number of allylic oxidation sites excluding steroid dienone is 2. The van der Waals surface area contributed by atoms with Crippen molar-refractivity contribution in [2.75, 3.05) is 17.2 Å². The second-order valence-electron chi connectivity index (χ2n) is 10.2. The molecule has 1 N–H and O–H groups in total. The fraction of sp³-hybridized carbons (Fsp3) is 0.147. The lowest BCUT2D eigenvalue weighted by atomic mass is 10.0. The number of thioether (sulfide) groups is 1. The topological polar surface area (TPSA) is 61.5 Å². The van der Waals surface area contributed by atoms with Gasteiger partial charge in [0.15, 0.2) is 0 Å². The predicted molar refractivity (Wildman–Crippen MR) is 176 cm³/mol. The van der Waals surface area contributed by atoms with E-state index in [1.807, 2.05) is 29.2 Å². The molecule has 0 saturated heterocycles. The van der Waals surface area contributed by atoms with Crippen molar-refractivity contribution in [2.24, 2.45) is 7.05 Å². The van der Waals surface area contributed by atoms with E-state index in [0.717, 1.165) is 43.7 Å². The van der Waals surface area contributed by atoms with Crippen LogP contribution in [-0.2, 0) is 17.2 Å². The molecule has 5 nitrogen and oxygen atoms in total. The van der Waals surface area contributed by atoms with Crippen LogP contribution in [0.3, 0.4) is 0 Å². The van der Waals surface area contributed by atoms with Crippen LogP contribution in [0.1, 0.15) is 18.4 Å². The zero-order valence-corrected chi connectivity index (χ0v) is 25.8. The van der Waals surface area contributed by atoms with Gasteiger partial charge < -0.3 is 4.90 Å². The summed E-state index contributed by atoms with van der Waals surface area (Å²) in [5.41, 5.74) is 7.81. The van der Waals surface area contributed by atoms with Crippen LogP contribution in [0.25, 0.3) is 38.5 Å². The Balaban J connectivity index is 1.36. The van der Waals surface area contributed by atoms with Gasteiger partial charge in [0, 0.05) is 23.6 Å². The lowest BCUT2D eigenvalue weighted by Gasteiger charge is -2.20. The van der Waals surface area contributed by atoms with Crippen LogP contribution in [0.5, 0.6) is 0 Å². The van der Waals surface area contributed by atoms with Crippen LogP contribution in [0, 0.1) is 0 Å². The number of hydrogen-bond acceptors (Lipinski definition) is 5. The van der Waals surface area contributed by atoms with Crippen LogP contribution >= 0.6 is 23.1 Å². The molecule has 4 aromatic carbocycles. The normalized spacial score (nSPS) is 14.6. The lowest BCUT2D eigenvalue weighted by Crippen LogP contribution is -2.29. The van der Waals surface area contributed by atoms with Crippen molar-refractivity contribution >= 4 is 55.2 Å². The van der Waals surface area contributed by atoms with Crippen LogP contribution in [0.2, 0.25) is 0 Å². The summed E-state index contributed by atoms with van der Waals surface area (Å²) < 4.78 is 36.5. The molecule has 1 aliphatic rings. The average Bonchev–Trinajstić information content (AvgIpc) is 3.51. The summed E-state index contributed by atoms with van der Waals surface area (Å²) in [5.74, 6) is -0.347. The summed E-state index contributed by atoms with van der Waals surface area (Å²) in [7, 11) is -2.02. The van der Waals surface area contributed by atoms with E-state index in [-0.39, 0.29) is 12.3 Å². The molecule has 5 aromatic rings. The highest BCUT2D eigenvalue weighted by atomic mass is 32.2. The highest BCUT2D eigenvalue weighted by molar-refractivity contribution is 8.03. The SMILES string of the molecule is CCC(/C=C1\Sc2ccc(-c3ccccc3)cc2N1CCS(=O)(=O)O)=C\c1sc2ccc(-c3ccccc3)cc2[n+]1C. The van der Waals surface area contributed by atoms with Gasteiger partial charge in [0.1, 0.15) is 11.7 Å². The molecule has 0 saturated carbocycles. The van der Waals surface area contributed by atoms with Crippen molar-refractivity contribution in [3.63, 3.8) is 0 Å². The molecular formula is C34H31N2O3S3+. The molecule has 212 valence electrons. The quantitative estimate of drug-likeness (QED) is 0.142. The van der Waals surface area contributed by atoms with Gasteiger partial charge in [-0.3, -0.25) is 4.55 Å². The van der Waals surface area contributed by atoms with Crippen molar-refractivity contribution in [1.29, 1.82) is 0 Å². The van der Waals surface area contributed by atoms with E-state index >= 15 is 0 Å². The van der Waals surface area contributed by atoms with Crippen molar-refractivity contribution < 1.29 is 17.5 Å². The molecule has 1 aromatic heterocycles. The fourth-order valence-electron chi connectivity index (χ4n) is 5.12. The minimum Gasteiger partial charge on any atom is -0.334 e. The van der Waals surface area contributed by atoms with Crippen molar-refractivity contribution in [1.82, 2.24) is 0 Å². The Labute approximate surface area is 255 Å². The molecule has 0 atom stereocenters. The highest BCUT2D eigenvalue weighted by Gasteiger charge is 2.27. The second-order valence-corrected chi connectivity index (χ2v) is 13.9. The predicted octanol–water partition coefficient (Wildman–Crippen LogP) is 8.19. The first-order chi connectivity index (χ1) is 20.3. The van der Waals surface area contributed by atoms with Gasteiger partial charge >= 0.3 is 0 Å². The molecule has 0 fully saturated rings. The van der Waals surface area contributed by atoms with E-state index in [1.165, 1.54) is 21.3 Å². The molecule has 6 rings (SSSR count). The molecule has 1 aliphatic heterocycles. The number of benzene rings is 4. The Morgan fingerprint density at radius 1 is 0.881 bits per heavy atom. The second kappa shape index (κ2) is 11.9. The number of aromatic nitrogens is 1. The number of fused-ring (bicyclic) bond motifs is 2. The molecule has 0 radical (unpaired) electrons. The molecule has 0 bridgehead atoms. The van der Waals surface area contributed by atoms with Gasteiger partial charge in [-0.2, -0.15) is 13.0 Å². The van der Waals surface area contributed by atoms with Gasteiger partial charge in [0.25, 0.3) is 15.1 Å². The minimum atomic E-state index is -4.12. The largest absolute Gasteiger partial charge is 0.334 e. The van der Waals surface area contributed by atoms with E-state index < -0.39 is 10.1 Å². The van der Waals surface area contributed by atoms with Crippen LogP contribution in [0.15, 0.2) is 119 Å². The monoisotopic (exact) mass is 611 g/mol. The van der Waals surface area contributed by atoms with E-state index in [4.69, 9.17) is 0 Å². The number of aryl methyl sites for hydroxylation is 1. The first-order valence-electron chi connectivity index (χ1n) is 13.8. The summed E-state index contributed by atoms with van der Waals surface area (Å²) in [6.07, 6.45) is 5.18. The Morgan fingerprint density at radius 2 is 1.52 bits per heavy atom. The summed E-state index contributed by atoms with van der Waals surface area (Å²) in [6.45, 7) is 2.30. The van der Waals surface area contributed by atoms with E-state index in [0.29, 0.717) is 0 Å². The molecule has 0 aliphatic carbocycles. The number of hydrogen-bond donors (Lipinski definition) is 1. The Kier molecular flexibility index (Phi) is 8.05. The van der Waals surface area contributed by atoms with Crippen LogP contribution in [-0.4, -0.2) is 25.3 Å². The molecule has 0 amide bonds. The molecular weight excluding hydrogens is 581 g/mol. The maximum absolute atomic E-state index is 11.7. The molecule has 0 unspecified atom stereocenters. The maximum Gasteiger partial charge on any atom is 0.266 e. The minimum absolute atomic E-state index is 0.166. The zero-order chi connectivity index (χ0) is 29.3. The summed E-state index contributed by atoms with van der Waals surface area (Å²) in [5, 5.41) is 2.09. The van der Waals surface area contributed by atoms with Crippen LogP contribution < -0.4 is 9.47 Å². The van der Waals surface area contributed by atoms with Crippen molar-refractivity contribution in [3.8, 4) is 22.3 Å². The third-order valence-electron chi connectivity index (χ3n) is 7.41. The van der Waals surface area contributed by atoms with E-state index in [9.17, 15) is 13.0 Å². The molecule has 8 heteroatoms. The number of anilines is 1. The third kappa shape index (κ3) is 6.08. The smallest absolute Gasteiger partial charge is 0.266 e. The fourth-order valence-corrected chi connectivity index (χ4v) is 7.79. The third-order valence-corrected chi connectivity index (χ3v) is 10.4. The van der Waals surface area contributed by atoms with Gasteiger partial charge in [-0.05, 0) is 58.5 Å². The zero-order valence-electron chi connectivity index (χ0n) is 23.4. The van der Waals surface area contributed by atoms with E-state index in [2.05, 4.69) is 103 Å². The summed E-state index contributed by atoms with van der Waals surface area (Å²) in [6, 6.07) is 33.4.